The molecule has 1 aliphatic heterocycles. The van der Waals surface area contributed by atoms with Gasteiger partial charge in [0.1, 0.15) is 6.26 Å². The van der Waals surface area contributed by atoms with Crippen LogP contribution in [0.4, 0.5) is 0 Å². The molecule has 3 heterocycles. The molecule has 0 atom stereocenters. The molecule has 128 valence electrons. The van der Waals surface area contributed by atoms with E-state index < -0.39 is 0 Å². The normalized spacial score (nSPS) is 14.4. The molecule has 0 aliphatic carbocycles. The second-order valence-electron chi connectivity index (χ2n) is 6.26. The molecule has 0 spiro atoms. The van der Waals surface area contributed by atoms with Gasteiger partial charge in [-0.05, 0) is 31.0 Å². The molecule has 1 aromatic carbocycles. The summed E-state index contributed by atoms with van der Waals surface area (Å²) >= 11 is 0. The summed E-state index contributed by atoms with van der Waals surface area (Å²) in [5.74, 6) is -0.266. The van der Waals surface area contributed by atoms with E-state index in [1.54, 1.807) is 11.1 Å². The number of aryl methyl sites for hydroxylation is 1. The molecule has 1 aliphatic rings. The monoisotopic (exact) mass is 337 g/mol. The zero-order valence-corrected chi connectivity index (χ0v) is 14.0. The number of nitrogens with zero attached hydrogens (tertiary/aromatic N) is 2. The van der Waals surface area contributed by atoms with Crippen LogP contribution in [0.1, 0.15) is 28.0 Å². The Morgan fingerprint density at radius 1 is 1.16 bits per heavy atom. The van der Waals surface area contributed by atoms with Gasteiger partial charge in [-0.15, -0.1) is 0 Å². The average Bonchev–Trinajstić information content (AvgIpc) is 3.35. The second-order valence-corrected chi connectivity index (χ2v) is 6.26. The fourth-order valence-electron chi connectivity index (χ4n) is 3.42. The Morgan fingerprint density at radius 3 is 2.76 bits per heavy atom. The summed E-state index contributed by atoms with van der Waals surface area (Å²) in [5, 5.41) is 4.15. The Balaban J connectivity index is 1.57. The number of carbonyl (C=O) groups excluding carboxylic acids is 2. The van der Waals surface area contributed by atoms with Crippen LogP contribution in [0.5, 0.6) is 0 Å². The van der Waals surface area contributed by atoms with Gasteiger partial charge in [-0.3, -0.25) is 14.6 Å². The van der Waals surface area contributed by atoms with Crippen LogP contribution >= 0.6 is 0 Å². The molecule has 6 heteroatoms. The zero-order chi connectivity index (χ0) is 17.4. The van der Waals surface area contributed by atoms with Gasteiger partial charge in [0, 0.05) is 29.7 Å². The van der Waals surface area contributed by atoms with Gasteiger partial charge in [0.25, 0.3) is 5.91 Å². The quantitative estimate of drug-likeness (QED) is 0.799. The topological polar surface area (TPSA) is 69.6 Å². The maximum Gasteiger partial charge on any atom is 0.275 e. The largest absolute Gasteiger partial charge is 0.472 e. The molecule has 0 radical (unpaired) electrons. The number of amides is 2. The molecule has 0 saturated carbocycles. The maximum absolute atomic E-state index is 12.9. The van der Waals surface area contributed by atoms with Gasteiger partial charge in [-0.2, -0.15) is 0 Å². The minimum absolute atomic E-state index is 0.0674. The molecule has 0 unspecified atom stereocenters. The number of H-pyrrole nitrogens is 1. The van der Waals surface area contributed by atoms with Crippen LogP contribution in [0.25, 0.3) is 10.9 Å². The smallest absolute Gasteiger partial charge is 0.275 e. The molecule has 25 heavy (non-hydrogen) atoms. The fourth-order valence-corrected chi connectivity index (χ4v) is 3.42. The van der Waals surface area contributed by atoms with Crippen LogP contribution in [0, 0.1) is 6.92 Å². The molecule has 6 nitrogen and oxygen atoms in total. The Bertz CT molecular complexity index is 927. The highest BCUT2D eigenvalue weighted by molar-refractivity contribution is 5.96. The third-order valence-electron chi connectivity index (χ3n) is 4.68. The van der Waals surface area contributed by atoms with Crippen LogP contribution in [0.3, 0.4) is 0 Å². The molecule has 1 N–H and O–H groups in total. The van der Waals surface area contributed by atoms with Gasteiger partial charge >= 0.3 is 0 Å². The first-order chi connectivity index (χ1) is 12.1. The second kappa shape index (κ2) is 6.12. The van der Waals surface area contributed by atoms with E-state index >= 15 is 0 Å². The van der Waals surface area contributed by atoms with Crippen LogP contribution in [0.2, 0.25) is 0 Å². The summed E-state index contributed by atoms with van der Waals surface area (Å²) in [6, 6.07) is 9.57. The van der Waals surface area contributed by atoms with E-state index in [1.165, 1.54) is 17.5 Å². The number of aromatic amines is 1. The van der Waals surface area contributed by atoms with E-state index in [-0.39, 0.29) is 18.2 Å². The van der Waals surface area contributed by atoms with Gasteiger partial charge < -0.3 is 9.40 Å². The Kier molecular flexibility index (Phi) is 3.80. The molecule has 2 amide bonds. The zero-order valence-electron chi connectivity index (χ0n) is 14.0. The number of rotatable bonds is 3. The lowest BCUT2D eigenvalue weighted by molar-refractivity contribution is -0.139. The number of carbonyl (C=O) groups is 2. The number of aromatic nitrogens is 1. The Labute approximate surface area is 145 Å². The molecule has 1 fully saturated rings. The van der Waals surface area contributed by atoms with Gasteiger partial charge in [0.2, 0.25) is 5.91 Å². The third-order valence-corrected chi connectivity index (χ3v) is 4.68. The standard InChI is InChI=1S/C19H19N3O3/c1-13-16(15-5-2-3-6-17(15)20-13)11-18(23)21-8-4-9-22(21)19(24)14-7-10-25-12-14/h2-3,5-7,10,12,20H,4,8-9,11H2,1H3. The van der Waals surface area contributed by atoms with Gasteiger partial charge in [0.15, 0.2) is 0 Å². The summed E-state index contributed by atoms with van der Waals surface area (Å²) in [4.78, 5) is 28.8. The van der Waals surface area contributed by atoms with E-state index in [0.29, 0.717) is 18.7 Å². The molecule has 3 aromatic rings. The van der Waals surface area contributed by atoms with E-state index in [9.17, 15) is 9.59 Å². The van der Waals surface area contributed by atoms with E-state index in [4.69, 9.17) is 4.42 Å². The van der Waals surface area contributed by atoms with Crippen molar-refractivity contribution in [2.75, 3.05) is 13.1 Å². The number of para-hydroxylation sites is 1. The van der Waals surface area contributed by atoms with Gasteiger partial charge in [-0.1, -0.05) is 18.2 Å². The van der Waals surface area contributed by atoms with Crippen molar-refractivity contribution in [1.82, 2.24) is 15.0 Å². The van der Waals surface area contributed by atoms with Crippen LogP contribution in [-0.4, -0.2) is 39.9 Å². The third kappa shape index (κ3) is 2.69. The van der Waals surface area contributed by atoms with Crippen molar-refractivity contribution >= 4 is 22.7 Å². The van der Waals surface area contributed by atoms with E-state index in [1.807, 2.05) is 31.2 Å². The average molecular weight is 337 g/mol. The molecular weight excluding hydrogens is 318 g/mol. The summed E-state index contributed by atoms with van der Waals surface area (Å²) in [7, 11) is 0. The maximum atomic E-state index is 12.9. The number of furan rings is 1. The molecule has 2 aromatic heterocycles. The molecular formula is C19H19N3O3. The van der Waals surface area contributed by atoms with Crippen LogP contribution in [0.15, 0.2) is 47.3 Å². The number of hydrazine groups is 1. The van der Waals surface area contributed by atoms with Crippen molar-refractivity contribution in [3.8, 4) is 0 Å². The molecule has 0 bridgehead atoms. The van der Waals surface area contributed by atoms with Gasteiger partial charge in [-0.25, -0.2) is 5.01 Å². The fraction of sp³-hybridized carbons (Fsp3) is 0.263. The lowest BCUT2D eigenvalue weighted by Crippen LogP contribution is -2.45. The first kappa shape index (κ1) is 15.5. The first-order valence-electron chi connectivity index (χ1n) is 8.35. The number of hydrogen-bond acceptors (Lipinski definition) is 3. The number of hydrogen-bond donors (Lipinski definition) is 1. The van der Waals surface area contributed by atoms with Crippen molar-refractivity contribution in [2.24, 2.45) is 0 Å². The Morgan fingerprint density at radius 2 is 1.96 bits per heavy atom. The first-order valence-corrected chi connectivity index (χ1v) is 8.35. The molecule has 1 saturated heterocycles. The van der Waals surface area contributed by atoms with E-state index in [2.05, 4.69) is 4.98 Å². The number of benzene rings is 1. The highest BCUT2D eigenvalue weighted by atomic mass is 16.3. The Hall–Kier alpha value is -3.02. The predicted octanol–water partition coefficient (Wildman–Crippen LogP) is 2.90. The SMILES string of the molecule is Cc1[nH]c2ccccc2c1CC(=O)N1CCCN1C(=O)c1ccoc1. The van der Waals surface area contributed by atoms with Crippen molar-refractivity contribution in [2.45, 2.75) is 19.8 Å². The van der Waals surface area contributed by atoms with Crippen molar-refractivity contribution in [3.05, 3.63) is 59.7 Å². The lowest BCUT2D eigenvalue weighted by Gasteiger charge is -2.27. The summed E-state index contributed by atoms with van der Waals surface area (Å²) in [6.07, 6.45) is 3.92. The lowest BCUT2D eigenvalue weighted by atomic mass is 10.1. The number of fused-ring (bicyclic) bond motifs is 1. The van der Waals surface area contributed by atoms with Crippen LogP contribution in [-0.2, 0) is 11.2 Å². The van der Waals surface area contributed by atoms with Crippen LogP contribution < -0.4 is 0 Å². The summed E-state index contributed by atoms with van der Waals surface area (Å²) < 4.78 is 4.99. The van der Waals surface area contributed by atoms with E-state index in [0.717, 1.165) is 28.6 Å². The highest BCUT2D eigenvalue weighted by Gasteiger charge is 2.32. The van der Waals surface area contributed by atoms with Crippen molar-refractivity contribution in [1.29, 1.82) is 0 Å². The number of nitrogens with one attached hydrogen (secondary N) is 1. The summed E-state index contributed by atoms with van der Waals surface area (Å²) in [6.45, 7) is 3.08. The highest BCUT2D eigenvalue weighted by Crippen LogP contribution is 2.24. The minimum atomic E-state index is -0.199. The summed E-state index contributed by atoms with van der Waals surface area (Å²) in [5.41, 5.74) is 3.46. The van der Waals surface area contributed by atoms with Crippen molar-refractivity contribution < 1.29 is 14.0 Å². The van der Waals surface area contributed by atoms with Crippen molar-refractivity contribution in [3.63, 3.8) is 0 Å². The predicted molar refractivity (Wildman–Crippen MR) is 92.8 cm³/mol. The molecule has 4 rings (SSSR count). The van der Waals surface area contributed by atoms with Gasteiger partial charge in [0.05, 0.1) is 18.2 Å². The minimum Gasteiger partial charge on any atom is -0.472 e.